The van der Waals surface area contributed by atoms with E-state index in [0.29, 0.717) is 39.3 Å². The van der Waals surface area contributed by atoms with Crippen molar-refractivity contribution in [3.05, 3.63) is 0 Å². The van der Waals surface area contributed by atoms with Crippen molar-refractivity contribution in [3.63, 3.8) is 0 Å². The van der Waals surface area contributed by atoms with Gasteiger partial charge in [-0.3, -0.25) is 0 Å². The minimum absolute atomic E-state index is 0. The summed E-state index contributed by atoms with van der Waals surface area (Å²) in [7, 11) is 0. The van der Waals surface area contributed by atoms with Gasteiger partial charge in [-0.1, -0.05) is 0 Å². The molecule has 2 rings (SSSR count). The summed E-state index contributed by atoms with van der Waals surface area (Å²) in [4.78, 5) is 39.3. The smallest absolute Gasteiger partial charge is 1.00 e. The second-order valence-electron chi connectivity index (χ2n) is 5.98. The van der Waals surface area contributed by atoms with E-state index < -0.39 is 35.5 Å². The zero-order valence-electron chi connectivity index (χ0n) is 21.9. The van der Waals surface area contributed by atoms with E-state index in [0.717, 1.165) is 25.4 Å². The normalized spacial score (nSPS) is 16.4. The van der Waals surface area contributed by atoms with Crippen LogP contribution in [0.2, 0.25) is 0 Å². The summed E-state index contributed by atoms with van der Waals surface area (Å²) in [6, 6.07) is 0. The van der Waals surface area contributed by atoms with Gasteiger partial charge in [-0.15, -0.1) is 0 Å². The quantitative estimate of drug-likeness (QED) is 0.301. The number of hydrogen-bond donors (Lipinski definition) is 2. The number of ether oxygens (including phenoxy) is 4. The standard InChI is InChI=1S/2C7H12O4S.2C2H4O2.2Ca.2H/c2*1-12-5-2-7(6(8)9)10-3-4-11-7;2*1-2(3)4;;;;/h2*2-5H2,1H3,(H,8,9);2*1H3,(H,3,4);;;;/q;;;;2*+2;2*-1/p-2. The molecular weight excluding hydrogens is 552 g/mol. The van der Waals surface area contributed by atoms with Crippen molar-refractivity contribution >= 4 is 123 Å². The maximum atomic E-state index is 10.8. The van der Waals surface area contributed by atoms with Crippen LogP contribution in [0.15, 0.2) is 0 Å². The van der Waals surface area contributed by atoms with Crippen LogP contribution in [0, 0.1) is 0 Å². The van der Waals surface area contributed by atoms with Crippen molar-refractivity contribution in [1.82, 2.24) is 0 Å². The maximum Gasteiger partial charge on any atom is 2.00 e. The molecule has 2 heterocycles. The minimum Gasteiger partial charge on any atom is -1.00 e. The second-order valence-corrected chi connectivity index (χ2v) is 7.95. The predicted octanol–water partition coefficient (Wildman–Crippen LogP) is -1.89. The second kappa shape index (κ2) is 24.3. The molecule has 192 valence electrons. The predicted molar refractivity (Wildman–Crippen MR) is 126 cm³/mol. The van der Waals surface area contributed by atoms with E-state index in [4.69, 9.17) is 49.0 Å². The summed E-state index contributed by atoms with van der Waals surface area (Å²) in [5, 5.41) is 35.4. The van der Waals surface area contributed by atoms with Crippen LogP contribution in [0.4, 0.5) is 0 Å². The first kappa shape index (κ1) is 42.0. The van der Waals surface area contributed by atoms with Gasteiger partial charge in [0, 0.05) is 24.8 Å². The van der Waals surface area contributed by atoms with Crippen LogP contribution in [-0.4, -0.2) is 172 Å². The maximum absolute atomic E-state index is 10.8. The Kier molecular flexibility index (Phi) is 30.0. The number of carbonyl (C=O) groups is 4. The van der Waals surface area contributed by atoms with Gasteiger partial charge in [-0.2, -0.15) is 23.5 Å². The largest absolute Gasteiger partial charge is 2.00 e. The van der Waals surface area contributed by atoms with Crippen molar-refractivity contribution in [1.29, 1.82) is 0 Å². The molecule has 2 aliphatic rings. The summed E-state index contributed by atoms with van der Waals surface area (Å²) >= 11 is 3.16. The molecule has 0 spiro atoms. The third-order valence-electron chi connectivity index (χ3n) is 3.43. The van der Waals surface area contributed by atoms with E-state index in [1.54, 1.807) is 23.5 Å². The van der Waals surface area contributed by atoms with Gasteiger partial charge in [0.05, 0.1) is 26.4 Å². The van der Waals surface area contributed by atoms with Gasteiger partial charge in [0.15, 0.2) is 0 Å². The van der Waals surface area contributed by atoms with Gasteiger partial charge in [-0.05, 0) is 37.9 Å². The first-order valence-electron chi connectivity index (χ1n) is 9.24. The zero-order chi connectivity index (χ0) is 25.2. The van der Waals surface area contributed by atoms with Crippen LogP contribution in [0.1, 0.15) is 29.5 Å². The van der Waals surface area contributed by atoms with Crippen LogP contribution in [-0.2, 0) is 38.1 Å². The molecule has 2 aliphatic heterocycles. The van der Waals surface area contributed by atoms with Crippen molar-refractivity contribution in [2.75, 3.05) is 50.4 Å². The zero-order valence-corrected chi connectivity index (χ0v) is 25.9. The number of thioether (sulfide) groups is 2. The van der Waals surface area contributed by atoms with Gasteiger partial charge in [0.2, 0.25) is 0 Å². The van der Waals surface area contributed by atoms with Gasteiger partial charge >= 0.3 is 87.4 Å². The van der Waals surface area contributed by atoms with Crippen LogP contribution in [0.3, 0.4) is 0 Å². The summed E-state index contributed by atoms with van der Waals surface area (Å²) in [6.07, 6.45) is 4.65. The van der Waals surface area contributed by atoms with Crippen LogP contribution in [0.5, 0.6) is 0 Å². The third kappa shape index (κ3) is 20.0. The molecule has 0 amide bonds. The van der Waals surface area contributed by atoms with Crippen molar-refractivity contribution < 1.29 is 61.4 Å². The average molecular weight is 585 g/mol. The Balaban J connectivity index is -0.0000000891. The van der Waals surface area contributed by atoms with Crippen LogP contribution < -0.4 is 10.2 Å². The van der Waals surface area contributed by atoms with E-state index in [9.17, 15) is 9.59 Å². The average Bonchev–Trinajstić information content (AvgIpc) is 3.35. The third-order valence-corrected chi connectivity index (χ3v) is 4.65. The van der Waals surface area contributed by atoms with Gasteiger partial charge in [0.1, 0.15) is 0 Å². The molecular formula is C18H32Ca2O12S2. The number of carboxylic acids is 4. The number of carboxylic acid groups (broad SMARTS) is 4. The monoisotopic (exact) mass is 584 g/mol. The fourth-order valence-corrected chi connectivity index (χ4v) is 3.08. The Bertz CT molecular complexity index is 536. The van der Waals surface area contributed by atoms with Crippen molar-refractivity contribution in [2.45, 2.75) is 38.3 Å². The Morgan fingerprint density at radius 3 is 1.09 bits per heavy atom. The molecule has 2 saturated heterocycles. The molecule has 0 aromatic heterocycles. The Hall–Kier alpha value is 0.939. The molecule has 0 atom stereocenters. The molecule has 0 aromatic rings. The van der Waals surface area contributed by atoms with E-state index in [1.807, 2.05) is 12.5 Å². The number of hydrogen-bond acceptors (Lipinski definition) is 12. The van der Waals surface area contributed by atoms with Gasteiger partial charge in [0.25, 0.3) is 11.6 Å². The first-order chi connectivity index (χ1) is 14.9. The first-order valence-corrected chi connectivity index (χ1v) is 12.0. The topological polar surface area (TPSA) is 192 Å². The Morgan fingerprint density at radius 1 is 0.735 bits per heavy atom. The molecule has 0 aromatic carbocycles. The van der Waals surface area contributed by atoms with E-state index >= 15 is 0 Å². The summed E-state index contributed by atoms with van der Waals surface area (Å²) in [6.45, 7) is 3.45. The molecule has 0 aliphatic carbocycles. The van der Waals surface area contributed by atoms with E-state index in [2.05, 4.69) is 0 Å². The molecule has 16 heteroatoms. The van der Waals surface area contributed by atoms with Crippen LogP contribution >= 0.6 is 23.5 Å². The van der Waals surface area contributed by atoms with E-state index in [1.165, 1.54) is 0 Å². The summed E-state index contributed by atoms with van der Waals surface area (Å²) < 4.78 is 20.3. The SMILES string of the molecule is CC(=O)[O-].CC(=O)[O-].CSCCC1(C(=O)O)OCCO1.CSCCC1(C(=O)O)OCCO1.[Ca+2].[Ca+2].[H-].[H-]. The van der Waals surface area contributed by atoms with Crippen LogP contribution in [0.25, 0.3) is 0 Å². The minimum atomic E-state index is -1.36. The molecule has 12 nitrogen and oxygen atoms in total. The van der Waals surface area contributed by atoms with Crippen molar-refractivity contribution in [3.8, 4) is 0 Å². The summed E-state index contributed by atoms with van der Waals surface area (Å²) in [5.41, 5.74) is 0. The number of carbonyl (C=O) groups excluding carboxylic acids is 2. The molecule has 0 saturated carbocycles. The molecule has 0 unspecified atom stereocenters. The fourth-order valence-electron chi connectivity index (χ4n) is 2.13. The van der Waals surface area contributed by atoms with Gasteiger partial charge in [-0.25, -0.2) is 9.59 Å². The fraction of sp³-hybridized carbons (Fsp3) is 0.778. The number of rotatable bonds is 8. The van der Waals surface area contributed by atoms with E-state index in [-0.39, 0.29) is 78.3 Å². The molecule has 0 bridgehead atoms. The Labute approximate surface area is 270 Å². The summed E-state index contributed by atoms with van der Waals surface area (Å²) in [5.74, 6) is -5.46. The van der Waals surface area contributed by atoms with Gasteiger partial charge < -0.3 is 51.8 Å². The van der Waals surface area contributed by atoms with Crippen molar-refractivity contribution in [2.24, 2.45) is 0 Å². The molecule has 34 heavy (non-hydrogen) atoms. The molecule has 2 fully saturated rings. The number of aliphatic carboxylic acids is 4. The molecule has 2 N–H and O–H groups in total. The molecule has 0 radical (unpaired) electrons. The Morgan fingerprint density at radius 2 is 0.941 bits per heavy atom.